The van der Waals surface area contributed by atoms with Gasteiger partial charge in [0.25, 0.3) is 0 Å². The van der Waals surface area contributed by atoms with Crippen LogP contribution in [0.15, 0.2) is 12.3 Å². The first kappa shape index (κ1) is 14.7. The smallest absolute Gasteiger partial charge is 0.226 e. The normalized spacial score (nSPS) is 39.1. The average Bonchev–Trinajstić information content (AvgIpc) is 2.93. The second-order valence-electron chi connectivity index (χ2n) is 7.83. The number of hydrogen-bond donors (Lipinski definition) is 2. The Hall–Kier alpha value is -0.840. The van der Waals surface area contributed by atoms with Crippen molar-refractivity contribution in [3.05, 3.63) is 18.0 Å². The van der Waals surface area contributed by atoms with Crippen LogP contribution in [0.3, 0.4) is 0 Å². The molecule has 0 saturated heterocycles. The van der Waals surface area contributed by atoms with E-state index in [0.717, 1.165) is 56.2 Å². The number of H-pyrrole nitrogens is 1. The summed E-state index contributed by atoms with van der Waals surface area (Å²) in [5.41, 5.74) is 1.06. The molecule has 1 amide bonds. The largest absolute Gasteiger partial charge is 0.356 e. The summed E-state index contributed by atoms with van der Waals surface area (Å²) < 4.78 is 0.254. The van der Waals surface area contributed by atoms with Gasteiger partial charge in [-0.1, -0.05) is 15.9 Å². The van der Waals surface area contributed by atoms with Crippen molar-refractivity contribution in [2.24, 2.45) is 17.3 Å². The molecule has 0 aliphatic heterocycles. The summed E-state index contributed by atoms with van der Waals surface area (Å²) in [7, 11) is 0. The number of carbonyl (C=O) groups excluding carboxylic acids is 1. The number of nitrogens with zero attached hydrogens (tertiary/aromatic N) is 1. The minimum absolute atomic E-state index is 0.0818. The maximum atomic E-state index is 12.8. The SMILES string of the molecule is O=C(NCCCc1ccn[nH]1)C12CC3CC(CC(Br)(C3)C1)C2. The van der Waals surface area contributed by atoms with E-state index in [1.807, 2.05) is 6.07 Å². The van der Waals surface area contributed by atoms with Gasteiger partial charge in [-0.2, -0.15) is 5.10 Å². The molecular formula is C17H24BrN3O. The molecule has 1 aromatic rings. The molecule has 1 aromatic heterocycles. The first-order valence-corrected chi connectivity index (χ1v) is 9.32. The van der Waals surface area contributed by atoms with Crippen molar-refractivity contribution in [3.63, 3.8) is 0 Å². The van der Waals surface area contributed by atoms with Gasteiger partial charge in [0, 0.05) is 22.8 Å². The Balaban J connectivity index is 1.34. The Morgan fingerprint density at radius 2 is 2.14 bits per heavy atom. The molecule has 0 aromatic carbocycles. The summed E-state index contributed by atoms with van der Waals surface area (Å²) in [5, 5.41) is 10.1. The fourth-order valence-corrected chi connectivity index (χ4v) is 6.96. The zero-order chi connectivity index (χ0) is 15.2. The van der Waals surface area contributed by atoms with E-state index in [1.165, 1.54) is 19.3 Å². The van der Waals surface area contributed by atoms with Crippen molar-refractivity contribution in [1.82, 2.24) is 15.5 Å². The Morgan fingerprint density at radius 1 is 1.36 bits per heavy atom. The van der Waals surface area contributed by atoms with Gasteiger partial charge in [0.1, 0.15) is 0 Å². The molecule has 2 atom stereocenters. The van der Waals surface area contributed by atoms with Crippen LogP contribution in [0.25, 0.3) is 0 Å². The summed E-state index contributed by atoms with van der Waals surface area (Å²) in [5.74, 6) is 1.84. The fourth-order valence-electron chi connectivity index (χ4n) is 5.51. The Kier molecular flexibility index (Phi) is 3.59. The highest BCUT2D eigenvalue weighted by molar-refractivity contribution is 9.10. The number of alkyl halides is 1. The van der Waals surface area contributed by atoms with Gasteiger partial charge in [-0.15, -0.1) is 0 Å². The molecule has 0 spiro atoms. The summed E-state index contributed by atoms with van der Waals surface area (Å²) in [6.07, 6.45) is 10.9. The van der Waals surface area contributed by atoms with Crippen LogP contribution in [0, 0.1) is 17.3 Å². The third kappa shape index (κ3) is 2.61. The van der Waals surface area contributed by atoms with Crippen LogP contribution in [-0.4, -0.2) is 27.0 Å². The summed E-state index contributed by atoms with van der Waals surface area (Å²) in [6, 6.07) is 2.00. The molecule has 4 nitrogen and oxygen atoms in total. The minimum Gasteiger partial charge on any atom is -0.356 e. The van der Waals surface area contributed by atoms with Gasteiger partial charge in [0.2, 0.25) is 5.91 Å². The number of halogens is 1. The van der Waals surface area contributed by atoms with Crippen molar-refractivity contribution < 1.29 is 4.79 Å². The van der Waals surface area contributed by atoms with Gasteiger partial charge in [-0.25, -0.2) is 0 Å². The topological polar surface area (TPSA) is 57.8 Å². The molecule has 4 bridgehead atoms. The highest BCUT2D eigenvalue weighted by Gasteiger charge is 2.59. The highest BCUT2D eigenvalue weighted by Crippen LogP contribution is 2.64. The van der Waals surface area contributed by atoms with Gasteiger partial charge in [-0.3, -0.25) is 9.89 Å². The van der Waals surface area contributed by atoms with Gasteiger partial charge < -0.3 is 5.32 Å². The Labute approximate surface area is 139 Å². The first-order valence-electron chi connectivity index (χ1n) is 8.52. The predicted octanol–water partition coefficient (Wildman–Crippen LogP) is 3.19. The van der Waals surface area contributed by atoms with Crippen LogP contribution in [0.5, 0.6) is 0 Å². The van der Waals surface area contributed by atoms with E-state index in [2.05, 4.69) is 31.4 Å². The summed E-state index contributed by atoms with van der Waals surface area (Å²) in [6.45, 7) is 0.768. The lowest BCUT2D eigenvalue weighted by Crippen LogP contribution is -2.58. The number of hydrogen-bond acceptors (Lipinski definition) is 2. The predicted molar refractivity (Wildman–Crippen MR) is 88.7 cm³/mol. The fraction of sp³-hybridized carbons (Fsp3) is 0.765. The summed E-state index contributed by atoms with van der Waals surface area (Å²) >= 11 is 3.98. The molecule has 1 heterocycles. The highest BCUT2D eigenvalue weighted by atomic mass is 79.9. The third-order valence-corrected chi connectivity index (χ3v) is 6.87. The van der Waals surface area contributed by atoms with Gasteiger partial charge in [0.15, 0.2) is 0 Å². The summed E-state index contributed by atoms with van der Waals surface area (Å²) in [4.78, 5) is 12.8. The monoisotopic (exact) mass is 365 g/mol. The van der Waals surface area contributed by atoms with Crippen molar-refractivity contribution in [1.29, 1.82) is 0 Å². The van der Waals surface area contributed by atoms with Crippen LogP contribution < -0.4 is 5.32 Å². The van der Waals surface area contributed by atoms with E-state index in [9.17, 15) is 4.79 Å². The number of rotatable bonds is 5. The van der Waals surface area contributed by atoms with E-state index in [-0.39, 0.29) is 9.74 Å². The van der Waals surface area contributed by atoms with Gasteiger partial charge in [0.05, 0.1) is 5.41 Å². The Bertz CT molecular complexity index is 542. The van der Waals surface area contributed by atoms with Crippen LogP contribution in [-0.2, 0) is 11.2 Å². The van der Waals surface area contributed by atoms with Crippen molar-refractivity contribution >= 4 is 21.8 Å². The molecule has 4 aliphatic carbocycles. The Morgan fingerprint density at radius 3 is 2.77 bits per heavy atom. The van der Waals surface area contributed by atoms with E-state index in [4.69, 9.17) is 0 Å². The van der Waals surface area contributed by atoms with Crippen LogP contribution in [0.1, 0.15) is 50.6 Å². The van der Waals surface area contributed by atoms with Crippen molar-refractivity contribution in [3.8, 4) is 0 Å². The quantitative estimate of drug-likeness (QED) is 0.621. The zero-order valence-electron chi connectivity index (χ0n) is 12.9. The lowest BCUT2D eigenvalue weighted by Gasteiger charge is -2.59. The molecule has 2 N–H and O–H groups in total. The number of aryl methyl sites for hydroxylation is 1. The minimum atomic E-state index is -0.0818. The van der Waals surface area contributed by atoms with Gasteiger partial charge >= 0.3 is 0 Å². The number of nitrogens with one attached hydrogen (secondary N) is 2. The molecule has 22 heavy (non-hydrogen) atoms. The van der Waals surface area contributed by atoms with E-state index in [1.54, 1.807) is 6.20 Å². The second-order valence-corrected chi connectivity index (χ2v) is 9.52. The second kappa shape index (κ2) is 5.36. The lowest BCUT2D eigenvalue weighted by molar-refractivity contribution is -0.144. The molecule has 4 saturated carbocycles. The van der Waals surface area contributed by atoms with E-state index >= 15 is 0 Å². The molecule has 0 radical (unpaired) electrons. The van der Waals surface area contributed by atoms with Crippen molar-refractivity contribution in [2.45, 2.75) is 55.7 Å². The molecular weight excluding hydrogens is 342 g/mol. The number of carbonyl (C=O) groups is 1. The van der Waals surface area contributed by atoms with Crippen molar-refractivity contribution in [2.75, 3.05) is 6.54 Å². The standard InChI is InChI=1S/C17H24BrN3O/c18-17-9-12-6-13(10-17)8-16(7-12,11-17)15(22)19-4-1-2-14-3-5-20-21-14/h3,5,12-13H,1-2,4,6-11H2,(H,19,22)(H,20,21). The van der Waals surface area contributed by atoms with Gasteiger partial charge in [-0.05, 0) is 69.3 Å². The average molecular weight is 366 g/mol. The van der Waals surface area contributed by atoms with Crippen LogP contribution in [0.2, 0.25) is 0 Å². The third-order valence-electron chi connectivity index (χ3n) is 5.94. The molecule has 5 heteroatoms. The number of aromatic amines is 1. The molecule has 2 unspecified atom stereocenters. The lowest BCUT2D eigenvalue weighted by atomic mass is 9.49. The zero-order valence-corrected chi connectivity index (χ0v) is 14.5. The molecule has 4 fully saturated rings. The number of amides is 1. The maximum absolute atomic E-state index is 12.8. The molecule has 5 rings (SSSR count). The van der Waals surface area contributed by atoms with Crippen LogP contribution in [0.4, 0.5) is 0 Å². The molecule has 4 aliphatic rings. The first-order chi connectivity index (χ1) is 10.6. The number of aromatic nitrogens is 2. The van der Waals surface area contributed by atoms with Crippen LogP contribution >= 0.6 is 15.9 Å². The van der Waals surface area contributed by atoms with E-state index in [0.29, 0.717) is 5.91 Å². The van der Waals surface area contributed by atoms with E-state index < -0.39 is 0 Å². The molecule has 120 valence electrons. The maximum Gasteiger partial charge on any atom is 0.226 e.